The summed E-state index contributed by atoms with van der Waals surface area (Å²) in [5.74, 6) is 1.33. The standard InChI is InChI=1S/C20H20FN3O4/c1-12-10-14(21)5-6-15(12)22-18(25)8-9-19-23-20(24-28-19)13-4-7-16(26-2)17(11-13)27-3/h4-7,10-11H,8-9H2,1-3H3,(H,22,25). The fourth-order valence-corrected chi connectivity index (χ4v) is 2.65. The van der Waals surface area contributed by atoms with E-state index in [1.54, 1.807) is 39.3 Å². The molecule has 0 atom stereocenters. The number of ether oxygens (including phenoxy) is 2. The van der Waals surface area contributed by atoms with Crippen LogP contribution in [0.15, 0.2) is 40.9 Å². The van der Waals surface area contributed by atoms with Crippen LogP contribution in [0.2, 0.25) is 0 Å². The van der Waals surface area contributed by atoms with Crippen molar-refractivity contribution in [2.45, 2.75) is 19.8 Å². The van der Waals surface area contributed by atoms with Crippen LogP contribution < -0.4 is 14.8 Å². The Morgan fingerprint density at radius 3 is 2.64 bits per heavy atom. The van der Waals surface area contributed by atoms with Crippen LogP contribution in [0.5, 0.6) is 11.5 Å². The molecule has 0 fully saturated rings. The lowest BCUT2D eigenvalue weighted by Gasteiger charge is -2.07. The van der Waals surface area contributed by atoms with Crippen molar-refractivity contribution in [2.75, 3.05) is 19.5 Å². The number of carbonyl (C=O) groups is 1. The van der Waals surface area contributed by atoms with Crippen molar-refractivity contribution in [3.63, 3.8) is 0 Å². The van der Waals surface area contributed by atoms with Gasteiger partial charge in [0.25, 0.3) is 0 Å². The first-order valence-corrected chi connectivity index (χ1v) is 8.61. The first kappa shape index (κ1) is 19.3. The van der Waals surface area contributed by atoms with Gasteiger partial charge in [-0.1, -0.05) is 5.16 Å². The Morgan fingerprint density at radius 2 is 1.93 bits per heavy atom. The number of hydrogen-bond acceptors (Lipinski definition) is 6. The topological polar surface area (TPSA) is 86.5 Å². The van der Waals surface area contributed by atoms with Crippen molar-refractivity contribution in [3.8, 4) is 22.9 Å². The molecule has 0 aliphatic rings. The zero-order valence-electron chi connectivity index (χ0n) is 15.8. The Kier molecular flexibility index (Phi) is 5.88. The SMILES string of the molecule is COc1ccc(-c2noc(CCC(=O)Nc3ccc(F)cc3C)n2)cc1OC. The monoisotopic (exact) mass is 385 g/mol. The molecule has 8 heteroatoms. The lowest BCUT2D eigenvalue weighted by atomic mass is 10.2. The molecule has 0 saturated heterocycles. The number of nitrogens with one attached hydrogen (secondary N) is 1. The van der Waals surface area contributed by atoms with Crippen molar-refractivity contribution in [3.05, 3.63) is 53.7 Å². The Balaban J connectivity index is 1.62. The van der Waals surface area contributed by atoms with Crippen molar-refractivity contribution >= 4 is 11.6 Å². The largest absolute Gasteiger partial charge is 0.493 e. The average molecular weight is 385 g/mol. The Labute approximate surface area is 161 Å². The van der Waals surface area contributed by atoms with E-state index in [4.69, 9.17) is 14.0 Å². The van der Waals surface area contributed by atoms with Gasteiger partial charge < -0.3 is 19.3 Å². The highest BCUT2D eigenvalue weighted by molar-refractivity contribution is 5.91. The maximum absolute atomic E-state index is 13.1. The Morgan fingerprint density at radius 1 is 1.14 bits per heavy atom. The molecule has 0 aliphatic heterocycles. The maximum atomic E-state index is 13.1. The minimum atomic E-state index is -0.343. The van der Waals surface area contributed by atoms with E-state index in [0.29, 0.717) is 40.0 Å². The van der Waals surface area contributed by atoms with E-state index in [2.05, 4.69) is 15.5 Å². The molecule has 0 spiro atoms. The number of carbonyl (C=O) groups excluding carboxylic acids is 1. The van der Waals surface area contributed by atoms with Gasteiger partial charge in [-0.2, -0.15) is 4.98 Å². The number of halogens is 1. The predicted octanol–water partition coefficient (Wildman–Crippen LogP) is 3.77. The van der Waals surface area contributed by atoms with Gasteiger partial charge in [0.05, 0.1) is 14.2 Å². The molecule has 0 radical (unpaired) electrons. The highest BCUT2D eigenvalue weighted by Crippen LogP contribution is 2.31. The lowest BCUT2D eigenvalue weighted by molar-refractivity contribution is -0.116. The van der Waals surface area contributed by atoms with E-state index in [-0.39, 0.29) is 24.6 Å². The average Bonchev–Trinajstić information content (AvgIpc) is 3.17. The summed E-state index contributed by atoms with van der Waals surface area (Å²) in [7, 11) is 3.10. The number of methoxy groups -OCH3 is 2. The molecule has 0 saturated carbocycles. The second-order valence-corrected chi connectivity index (χ2v) is 6.09. The summed E-state index contributed by atoms with van der Waals surface area (Å²) in [6.07, 6.45) is 0.441. The zero-order valence-corrected chi connectivity index (χ0v) is 15.8. The van der Waals surface area contributed by atoms with Crippen LogP contribution in [0.4, 0.5) is 10.1 Å². The quantitative estimate of drug-likeness (QED) is 0.666. The van der Waals surface area contributed by atoms with Gasteiger partial charge in [-0.25, -0.2) is 4.39 Å². The van der Waals surface area contributed by atoms with E-state index < -0.39 is 0 Å². The van der Waals surface area contributed by atoms with Gasteiger partial charge >= 0.3 is 0 Å². The molecule has 0 unspecified atom stereocenters. The number of benzene rings is 2. The Bertz CT molecular complexity index is 987. The third-order valence-electron chi connectivity index (χ3n) is 4.14. The molecule has 3 rings (SSSR count). The molecule has 7 nitrogen and oxygen atoms in total. The number of anilines is 1. The van der Waals surface area contributed by atoms with Gasteiger partial charge in [0.1, 0.15) is 5.82 Å². The van der Waals surface area contributed by atoms with E-state index in [1.807, 2.05) is 0 Å². The fraction of sp³-hybridized carbons (Fsp3) is 0.250. The second kappa shape index (κ2) is 8.51. The van der Waals surface area contributed by atoms with Gasteiger partial charge in [0.15, 0.2) is 11.5 Å². The number of amides is 1. The molecular weight excluding hydrogens is 365 g/mol. The molecule has 2 aromatic carbocycles. The van der Waals surface area contributed by atoms with Crippen molar-refractivity contribution in [1.82, 2.24) is 10.1 Å². The maximum Gasteiger partial charge on any atom is 0.227 e. The second-order valence-electron chi connectivity index (χ2n) is 6.09. The summed E-state index contributed by atoms with van der Waals surface area (Å²) >= 11 is 0. The molecule has 1 N–H and O–H groups in total. The summed E-state index contributed by atoms with van der Waals surface area (Å²) in [5.41, 5.74) is 1.93. The van der Waals surface area contributed by atoms with Gasteiger partial charge in [-0.3, -0.25) is 4.79 Å². The van der Waals surface area contributed by atoms with Gasteiger partial charge in [-0.15, -0.1) is 0 Å². The Hall–Kier alpha value is -3.42. The van der Waals surface area contributed by atoms with Crippen LogP contribution in [0.3, 0.4) is 0 Å². The summed E-state index contributed by atoms with van der Waals surface area (Å²) in [6.45, 7) is 1.73. The van der Waals surface area contributed by atoms with E-state index >= 15 is 0 Å². The summed E-state index contributed by atoms with van der Waals surface area (Å²) in [4.78, 5) is 16.4. The predicted molar refractivity (Wildman–Crippen MR) is 101 cm³/mol. The molecule has 0 bridgehead atoms. The molecule has 3 aromatic rings. The van der Waals surface area contributed by atoms with Crippen molar-refractivity contribution in [1.29, 1.82) is 0 Å². The van der Waals surface area contributed by atoms with Gasteiger partial charge in [0, 0.05) is 24.1 Å². The van der Waals surface area contributed by atoms with Crippen LogP contribution in [0, 0.1) is 12.7 Å². The molecule has 146 valence electrons. The number of hydrogen-bond donors (Lipinski definition) is 1. The molecule has 0 aliphatic carbocycles. The summed E-state index contributed by atoms with van der Waals surface area (Å²) in [5, 5.41) is 6.70. The minimum Gasteiger partial charge on any atom is -0.493 e. The highest BCUT2D eigenvalue weighted by Gasteiger charge is 2.14. The van der Waals surface area contributed by atoms with Gasteiger partial charge in [-0.05, 0) is 48.9 Å². The third kappa shape index (κ3) is 4.46. The van der Waals surface area contributed by atoms with E-state index in [0.717, 1.165) is 0 Å². The van der Waals surface area contributed by atoms with Crippen LogP contribution in [0.25, 0.3) is 11.4 Å². The van der Waals surface area contributed by atoms with Gasteiger partial charge in [0.2, 0.25) is 17.6 Å². The third-order valence-corrected chi connectivity index (χ3v) is 4.14. The normalized spacial score (nSPS) is 10.6. The lowest BCUT2D eigenvalue weighted by Crippen LogP contribution is -2.13. The fourth-order valence-electron chi connectivity index (χ4n) is 2.65. The first-order chi connectivity index (χ1) is 13.5. The minimum absolute atomic E-state index is 0.157. The smallest absolute Gasteiger partial charge is 0.227 e. The molecule has 1 amide bonds. The van der Waals surface area contributed by atoms with E-state index in [9.17, 15) is 9.18 Å². The first-order valence-electron chi connectivity index (χ1n) is 8.61. The number of aromatic nitrogens is 2. The molecule has 1 aromatic heterocycles. The zero-order chi connectivity index (χ0) is 20.1. The van der Waals surface area contributed by atoms with Crippen LogP contribution in [-0.2, 0) is 11.2 Å². The number of aryl methyl sites for hydroxylation is 2. The molecule has 1 heterocycles. The van der Waals surface area contributed by atoms with Crippen molar-refractivity contribution in [2.24, 2.45) is 0 Å². The molecular formula is C20H20FN3O4. The number of rotatable bonds is 7. The summed E-state index contributed by atoms with van der Waals surface area (Å²) in [6, 6.07) is 9.49. The summed E-state index contributed by atoms with van der Waals surface area (Å²) < 4.78 is 28.8. The number of nitrogens with zero attached hydrogens (tertiary/aromatic N) is 2. The van der Waals surface area contributed by atoms with Crippen LogP contribution in [-0.4, -0.2) is 30.3 Å². The van der Waals surface area contributed by atoms with Crippen molar-refractivity contribution < 1.29 is 23.2 Å². The molecule has 28 heavy (non-hydrogen) atoms. The van der Waals surface area contributed by atoms with E-state index in [1.165, 1.54) is 18.2 Å². The van der Waals surface area contributed by atoms with Crippen LogP contribution in [0.1, 0.15) is 17.9 Å². The van der Waals surface area contributed by atoms with Crippen LogP contribution >= 0.6 is 0 Å². The highest BCUT2D eigenvalue weighted by atomic mass is 19.1.